The van der Waals surface area contributed by atoms with Gasteiger partial charge in [0.25, 0.3) is 10.0 Å². The zero-order valence-electron chi connectivity index (χ0n) is 14.7. The van der Waals surface area contributed by atoms with Crippen molar-refractivity contribution in [2.45, 2.75) is 30.9 Å². The number of benzene rings is 1. The van der Waals surface area contributed by atoms with Crippen molar-refractivity contribution in [1.82, 2.24) is 4.31 Å². The number of anilines is 1. The standard InChI is InChI=1S/C18H21ClN2O3S2/c1-12-8-13(2)10-15(9-12)20-18(22)14-4-3-7-21(11-14)26(23,24)17-6-5-16(19)25-17/h5-6,8-10,14H,3-4,7,11H2,1-2H3,(H,20,22). The molecule has 1 N–H and O–H groups in total. The van der Waals surface area contributed by atoms with Crippen LogP contribution in [0.4, 0.5) is 5.69 Å². The summed E-state index contributed by atoms with van der Waals surface area (Å²) < 4.78 is 27.6. The average molecular weight is 413 g/mol. The zero-order valence-corrected chi connectivity index (χ0v) is 17.0. The van der Waals surface area contributed by atoms with Gasteiger partial charge in [0.1, 0.15) is 4.21 Å². The molecule has 1 fully saturated rings. The van der Waals surface area contributed by atoms with Crippen LogP contribution in [-0.2, 0) is 14.8 Å². The Kier molecular flexibility index (Phi) is 5.72. The number of sulfonamides is 1. The second-order valence-electron chi connectivity index (χ2n) is 6.63. The van der Waals surface area contributed by atoms with Gasteiger partial charge in [-0.3, -0.25) is 4.79 Å². The molecular formula is C18H21ClN2O3S2. The van der Waals surface area contributed by atoms with Crippen LogP contribution in [0.25, 0.3) is 0 Å². The number of thiophene rings is 1. The van der Waals surface area contributed by atoms with Gasteiger partial charge in [-0.15, -0.1) is 11.3 Å². The summed E-state index contributed by atoms with van der Waals surface area (Å²) in [6, 6.07) is 8.96. The number of nitrogens with one attached hydrogen (secondary N) is 1. The van der Waals surface area contributed by atoms with Crippen molar-refractivity contribution in [2.75, 3.05) is 18.4 Å². The lowest BCUT2D eigenvalue weighted by Crippen LogP contribution is -2.43. The fourth-order valence-corrected chi connectivity index (χ4v) is 6.39. The summed E-state index contributed by atoms with van der Waals surface area (Å²) in [5, 5.41) is 2.93. The first-order valence-corrected chi connectivity index (χ1v) is 11.0. The van der Waals surface area contributed by atoms with Gasteiger partial charge in [0.15, 0.2) is 0 Å². The lowest BCUT2D eigenvalue weighted by molar-refractivity contribution is -0.120. The molecule has 1 aromatic carbocycles. The van der Waals surface area contributed by atoms with E-state index in [0.29, 0.717) is 23.7 Å². The number of aryl methyl sites for hydroxylation is 2. The molecule has 3 rings (SSSR count). The fraction of sp³-hybridized carbons (Fsp3) is 0.389. The van der Waals surface area contributed by atoms with Gasteiger partial charge in [0, 0.05) is 18.8 Å². The Morgan fingerprint density at radius 1 is 1.23 bits per heavy atom. The summed E-state index contributed by atoms with van der Waals surface area (Å²) >= 11 is 6.91. The Labute approximate surface area is 163 Å². The van der Waals surface area contributed by atoms with E-state index in [1.54, 1.807) is 6.07 Å². The number of hydrogen-bond donors (Lipinski definition) is 1. The van der Waals surface area contributed by atoms with Gasteiger partial charge in [-0.25, -0.2) is 8.42 Å². The SMILES string of the molecule is Cc1cc(C)cc(NC(=O)C2CCCN(S(=O)(=O)c3ccc(Cl)s3)C2)c1. The third-order valence-electron chi connectivity index (χ3n) is 4.39. The molecule has 1 aliphatic rings. The highest BCUT2D eigenvalue weighted by Gasteiger charge is 2.34. The second kappa shape index (κ2) is 7.68. The molecule has 1 aromatic heterocycles. The second-order valence-corrected chi connectivity index (χ2v) is 10.5. The molecule has 2 aromatic rings. The molecule has 0 saturated carbocycles. The number of rotatable bonds is 4. The van der Waals surface area contributed by atoms with Crippen LogP contribution in [0.2, 0.25) is 4.34 Å². The maximum atomic E-state index is 12.8. The van der Waals surface area contributed by atoms with Gasteiger partial charge in [-0.05, 0) is 62.1 Å². The quantitative estimate of drug-likeness (QED) is 0.823. The summed E-state index contributed by atoms with van der Waals surface area (Å²) in [5.41, 5.74) is 2.89. The molecule has 26 heavy (non-hydrogen) atoms. The zero-order chi connectivity index (χ0) is 18.9. The normalized spacial score (nSPS) is 18.7. The van der Waals surface area contributed by atoms with Crippen molar-refractivity contribution in [1.29, 1.82) is 0 Å². The van der Waals surface area contributed by atoms with Gasteiger partial charge in [-0.2, -0.15) is 4.31 Å². The van der Waals surface area contributed by atoms with E-state index in [1.165, 1.54) is 10.4 Å². The Balaban J connectivity index is 1.72. The van der Waals surface area contributed by atoms with E-state index in [4.69, 9.17) is 11.6 Å². The molecule has 140 valence electrons. The highest BCUT2D eigenvalue weighted by Crippen LogP contribution is 2.31. The minimum absolute atomic E-state index is 0.140. The highest BCUT2D eigenvalue weighted by molar-refractivity contribution is 7.91. The smallest absolute Gasteiger partial charge is 0.252 e. The van der Waals surface area contributed by atoms with Crippen molar-refractivity contribution in [3.63, 3.8) is 0 Å². The molecule has 2 heterocycles. The minimum atomic E-state index is -3.61. The van der Waals surface area contributed by atoms with E-state index in [2.05, 4.69) is 5.32 Å². The molecule has 0 radical (unpaired) electrons. The molecule has 8 heteroatoms. The first-order chi connectivity index (χ1) is 12.3. The number of piperidine rings is 1. The van der Waals surface area contributed by atoms with Crippen molar-refractivity contribution in [3.05, 3.63) is 45.8 Å². The van der Waals surface area contributed by atoms with E-state index in [9.17, 15) is 13.2 Å². The van der Waals surface area contributed by atoms with Crippen LogP contribution in [0.15, 0.2) is 34.5 Å². The van der Waals surface area contributed by atoms with Crippen LogP contribution in [0.1, 0.15) is 24.0 Å². The summed E-state index contributed by atoms with van der Waals surface area (Å²) in [7, 11) is -3.61. The third kappa shape index (κ3) is 4.28. The predicted molar refractivity (Wildman–Crippen MR) is 105 cm³/mol. The third-order valence-corrected chi connectivity index (χ3v) is 7.95. The molecule has 1 aliphatic heterocycles. The van der Waals surface area contributed by atoms with Gasteiger partial charge >= 0.3 is 0 Å². The van der Waals surface area contributed by atoms with E-state index < -0.39 is 10.0 Å². The first-order valence-electron chi connectivity index (χ1n) is 8.40. The molecule has 1 saturated heterocycles. The van der Waals surface area contributed by atoms with E-state index in [-0.39, 0.29) is 22.6 Å². The van der Waals surface area contributed by atoms with Crippen LogP contribution in [0.5, 0.6) is 0 Å². The average Bonchev–Trinajstić information content (AvgIpc) is 3.01. The topological polar surface area (TPSA) is 66.5 Å². The molecule has 0 bridgehead atoms. The Morgan fingerprint density at radius 3 is 2.54 bits per heavy atom. The maximum absolute atomic E-state index is 12.8. The van der Waals surface area contributed by atoms with Crippen molar-refractivity contribution < 1.29 is 13.2 Å². The predicted octanol–water partition coefficient (Wildman–Crippen LogP) is 4.06. The van der Waals surface area contributed by atoms with Crippen LogP contribution >= 0.6 is 22.9 Å². The molecule has 5 nitrogen and oxygen atoms in total. The lowest BCUT2D eigenvalue weighted by atomic mass is 9.98. The Bertz CT molecular complexity index is 904. The van der Waals surface area contributed by atoms with Crippen LogP contribution < -0.4 is 5.32 Å². The summed E-state index contributed by atoms with van der Waals surface area (Å²) in [4.78, 5) is 12.7. The summed E-state index contributed by atoms with van der Waals surface area (Å²) in [6.07, 6.45) is 1.33. The number of hydrogen-bond acceptors (Lipinski definition) is 4. The minimum Gasteiger partial charge on any atom is -0.326 e. The highest BCUT2D eigenvalue weighted by atomic mass is 35.5. The monoisotopic (exact) mass is 412 g/mol. The Morgan fingerprint density at radius 2 is 1.92 bits per heavy atom. The molecular weight excluding hydrogens is 392 g/mol. The number of carbonyl (C=O) groups is 1. The van der Waals surface area contributed by atoms with Crippen LogP contribution in [-0.4, -0.2) is 31.7 Å². The van der Waals surface area contributed by atoms with Crippen molar-refractivity contribution >= 4 is 44.6 Å². The maximum Gasteiger partial charge on any atom is 0.252 e. The number of carbonyl (C=O) groups excluding carboxylic acids is 1. The van der Waals surface area contributed by atoms with Gasteiger partial charge in [0.05, 0.1) is 10.3 Å². The number of halogens is 1. The molecule has 0 spiro atoms. The van der Waals surface area contributed by atoms with E-state index in [1.807, 2.05) is 32.0 Å². The molecule has 1 atom stereocenters. The molecule has 1 unspecified atom stereocenters. The fourth-order valence-electron chi connectivity index (χ4n) is 3.23. The van der Waals surface area contributed by atoms with Gasteiger partial charge in [0.2, 0.25) is 5.91 Å². The van der Waals surface area contributed by atoms with Gasteiger partial charge < -0.3 is 5.32 Å². The van der Waals surface area contributed by atoms with Crippen molar-refractivity contribution in [2.24, 2.45) is 5.92 Å². The van der Waals surface area contributed by atoms with E-state index in [0.717, 1.165) is 28.2 Å². The largest absolute Gasteiger partial charge is 0.326 e. The van der Waals surface area contributed by atoms with E-state index >= 15 is 0 Å². The number of amides is 1. The number of nitrogens with zero attached hydrogens (tertiary/aromatic N) is 1. The van der Waals surface area contributed by atoms with Crippen molar-refractivity contribution in [3.8, 4) is 0 Å². The van der Waals surface area contributed by atoms with Gasteiger partial charge in [-0.1, -0.05) is 17.7 Å². The lowest BCUT2D eigenvalue weighted by Gasteiger charge is -2.30. The van der Waals surface area contributed by atoms with Crippen LogP contribution in [0, 0.1) is 19.8 Å². The summed E-state index contributed by atoms with van der Waals surface area (Å²) in [6.45, 7) is 4.56. The first kappa shape index (κ1) is 19.4. The van der Waals surface area contributed by atoms with Crippen LogP contribution in [0.3, 0.4) is 0 Å². The Hall–Kier alpha value is -1.41. The molecule has 0 aliphatic carbocycles. The molecule has 1 amide bonds. The summed E-state index contributed by atoms with van der Waals surface area (Å²) in [5.74, 6) is -0.506.